The normalized spacial score (nSPS) is 13.4. The highest BCUT2D eigenvalue weighted by Gasteiger charge is 2.41. The molecule has 3 aromatic carbocycles. The quantitative estimate of drug-likeness (QED) is 0.274. The first kappa shape index (κ1) is 29.3. The van der Waals surface area contributed by atoms with Crippen molar-refractivity contribution in [1.29, 1.82) is 5.26 Å². The van der Waals surface area contributed by atoms with Crippen LogP contribution in [0.4, 0.5) is 18.9 Å². The standard InChI is InChI=1S/C29H27Cl2F3N2O2/c1-17(29(32,33)34)24(18-5-9-22(30)10-6-18)15-36-26-12-19(7-11-25(26)31)23-14-21(28(2,3)16-35)8-4-20(23)13-27(37)38/h4-12,14,17,24,36H,13,15H2,1-3H3,(H,37,38)/t17-,24+/m1/s1. The molecular weight excluding hydrogens is 536 g/mol. The Labute approximate surface area is 230 Å². The highest BCUT2D eigenvalue weighted by Crippen LogP contribution is 2.39. The Morgan fingerprint density at radius 3 is 2.29 bits per heavy atom. The number of anilines is 1. The molecular formula is C29H27Cl2F3N2O2. The monoisotopic (exact) mass is 562 g/mol. The molecule has 0 aliphatic carbocycles. The van der Waals surface area contributed by atoms with Crippen molar-refractivity contribution in [1.82, 2.24) is 0 Å². The second kappa shape index (κ2) is 11.7. The summed E-state index contributed by atoms with van der Waals surface area (Å²) < 4.78 is 41.1. The van der Waals surface area contributed by atoms with E-state index in [0.717, 1.165) is 6.92 Å². The predicted octanol–water partition coefficient (Wildman–Crippen LogP) is 8.48. The van der Waals surface area contributed by atoms with E-state index in [0.29, 0.717) is 43.5 Å². The third-order valence-electron chi connectivity index (χ3n) is 6.66. The number of carboxylic acid groups (broad SMARTS) is 1. The largest absolute Gasteiger partial charge is 0.481 e. The first-order chi connectivity index (χ1) is 17.7. The molecule has 38 heavy (non-hydrogen) atoms. The van der Waals surface area contributed by atoms with Crippen molar-refractivity contribution < 1.29 is 23.1 Å². The molecule has 3 aromatic rings. The molecule has 2 atom stereocenters. The molecule has 0 aliphatic rings. The zero-order valence-corrected chi connectivity index (χ0v) is 22.5. The number of nitrogens with zero attached hydrogens (tertiary/aromatic N) is 1. The Balaban J connectivity index is 2.01. The van der Waals surface area contributed by atoms with Gasteiger partial charge in [-0.25, -0.2) is 0 Å². The molecule has 0 heterocycles. The van der Waals surface area contributed by atoms with Crippen LogP contribution in [0.2, 0.25) is 10.0 Å². The fourth-order valence-electron chi connectivity index (χ4n) is 4.19. The minimum absolute atomic E-state index is 0.0605. The van der Waals surface area contributed by atoms with Crippen LogP contribution < -0.4 is 5.32 Å². The van der Waals surface area contributed by atoms with Crippen LogP contribution >= 0.6 is 23.2 Å². The number of halogens is 5. The van der Waals surface area contributed by atoms with Gasteiger partial charge in [0.2, 0.25) is 0 Å². The predicted molar refractivity (Wildman–Crippen MR) is 145 cm³/mol. The van der Waals surface area contributed by atoms with E-state index >= 15 is 0 Å². The van der Waals surface area contributed by atoms with Crippen molar-refractivity contribution in [3.63, 3.8) is 0 Å². The summed E-state index contributed by atoms with van der Waals surface area (Å²) in [4.78, 5) is 11.5. The number of nitrogens with one attached hydrogen (secondary N) is 1. The fourth-order valence-corrected chi connectivity index (χ4v) is 4.50. The number of aliphatic carboxylic acids is 1. The number of nitriles is 1. The van der Waals surface area contributed by atoms with Gasteiger partial charge in [0.25, 0.3) is 0 Å². The minimum atomic E-state index is -4.42. The van der Waals surface area contributed by atoms with Crippen LogP contribution in [0.5, 0.6) is 0 Å². The number of carbonyl (C=O) groups is 1. The van der Waals surface area contributed by atoms with Gasteiger partial charge in [-0.15, -0.1) is 0 Å². The topological polar surface area (TPSA) is 73.1 Å². The summed E-state index contributed by atoms with van der Waals surface area (Å²) in [6.45, 7) is 4.60. The van der Waals surface area contributed by atoms with Crippen LogP contribution in [0, 0.1) is 17.2 Å². The molecule has 9 heteroatoms. The van der Waals surface area contributed by atoms with Gasteiger partial charge in [-0.1, -0.05) is 60.5 Å². The van der Waals surface area contributed by atoms with E-state index in [1.54, 1.807) is 74.5 Å². The van der Waals surface area contributed by atoms with E-state index in [2.05, 4.69) is 11.4 Å². The highest BCUT2D eigenvalue weighted by molar-refractivity contribution is 6.33. The molecule has 0 aromatic heterocycles. The van der Waals surface area contributed by atoms with E-state index in [-0.39, 0.29) is 13.0 Å². The lowest BCUT2D eigenvalue weighted by Crippen LogP contribution is -2.30. The van der Waals surface area contributed by atoms with E-state index in [1.165, 1.54) is 0 Å². The Morgan fingerprint density at radius 1 is 1.05 bits per heavy atom. The number of benzene rings is 3. The Bertz CT molecular complexity index is 1350. The van der Waals surface area contributed by atoms with Crippen LogP contribution in [0.1, 0.15) is 43.4 Å². The highest BCUT2D eigenvalue weighted by atomic mass is 35.5. The first-order valence-electron chi connectivity index (χ1n) is 11.9. The molecule has 0 radical (unpaired) electrons. The van der Waals surface area contributed by atoms with Crippen molar-refractivity contribution in [3.8, 4) is 17.2 Å². The van der Waals surface area contributed by atoms with Gasteiger partial charge in [-0.05, 0) is 72.0 Å². The third kappa shape index (κ3) is 7.00. The van der Waals surface area contributed by atoms with Gasteiger partial charge in [0.05, 0.1) is 34.5 Å². The molecule has 2 N–H and O–H groups in total. The third-order valence-corrected chi connectivity index (χ3v) is 7.24. The maximum Gasteiger partial charge on any atom is 0.392 e. The molecule has 3 rings (SSSR count). The second-order valence-electron chi connectivity index (χ2n) is 9.74. The van der Waals surface area contributed by atoms with E-state index < -0.39 is 29.4 Å². The summed E-state index contributed by atoms with van der Waals surface area (Å²) in [5.41, 5.74) is 2.53. The molecule has 0 fully saturated rings. The van der Waals surface area contributed by atoms with Crippen LogP contribution in [-0.4, -0.2) is 23.8 Å². The van der Waals surface area contributed by atoms with Crippen molar-refractivity contribution >= 4 is 34.9 Å². The summed E-state index contributed by atoms with van der Waals surface area (Å²) in [7, 11) is 0. The lowest BCUT2D eigenvalue weighted by Gasteiger charge is -2.27. The molecule has 4 nitrogen and oxygen atoms in total. The van der Waals surface area contributed by atoms with Gasteiger partial charge in [-0.2, -0.15) is 18.4 Å². The molecule has 0 unspecified atom stereocenters. The van der Waals surface area contributed by atoms with E-state index in [1.807, 2.05) is 0 Å². The number of carboxylic acids is 1. The summed E-state index contributed by atoms with van der Waals surface area (Å²) >= 11 is 12.4. The van der Waals surface area contributed by atoms with Gasteiger partial charge in [0.1, 0.15) is 0 Å². The van der Waals surface area contributed by atoms with Crippen LogP contribution in [0.3, 0.4) is 0 Å². The van der Waals surface area contributed by atoms with Gasteiger partial charge in [-0.3, -0.25) is 4.79 Å². The van der Waals surface area contributed by atoms with Gasteiger partial charge >= 0.3 is 12.1 Å². The van der Waals surface area contributed by atoms with E-state index in [9.17, 15) is 28.3 Å². The maximum absolute atomic E-state index is 13.7. The Kier molecular flexibility index (Phi) is 9.01. The second-order valence-corrected chi connectivity index (χ2v) is 10.6. The van der Waals surface area contributed by atoms with Crippen LogP contribution in [-0.2, 0) is 16.6 Å². The Hall–Kier alpha value is -3.21. The van der Waals surface area contributed by atoms with Crippen molar-refractivity contribution in [2.45, 2.75) is 44.7 Å². The maximum atomic E-state index is 13.7. The fraction of sp³-hybridized carbons (Fsp3) is 0.310. The molecule has 0 amide bonds. The molecule has 200 valence electrons. The summed E-state index contributed by atoms with van der Waals surface area (Å²) in [5.74, 6) is -3.59. The van der Waals surface area contributed by atoms with Crippen LogP contribution in [0.15, 0.2) is 60.7 Å². The number of hydrogen-bond acceptors (Lipinski definition) is 3. The SMILES string of the molecule is C[C@H]([C@H](CNc1cc(-c2cc(C(C)(C)C#N)ccc2CC(=O)O)ccc1Cl)c1ccc(Cl)cc1)C(F)(F)F. The minimum Gasteiger partial charge on any atom is -0.481 e. The molecule has 0 saturated heterocycles. The Morgan fingerprint density at radius 2 is 1.71 bits per heavy atom. The average Bonchev–Trinajstić information content (AvgIpc) is 2.85. The van der Waals surface area contributed by atoms with Crippen LogP contribution in [0.25, 0.3) is 11.1 Å². The summed E-state index contributed by atoms with van der Waals surface area (Å²) in [5, 5.41) is 22.8. The number of hydrogen-bond donors (Lipinski definition) is 2. The molecule has 0 bridgehead atoms. The van der Waals surface area contributed by atoms with Crippen molar-refractivity contribution in [2.75, 3.05) is 11.9 Å². The average molecular weight is 563 g/mol. The smallest absolute Gasteiger partial charge is 0.392 e. The number of alkyl halides is 3. The van der Waals surface area contributed by atoms with Gasteiger partial charge in [0, 0.05) is 17.5 Å². The zero-order valence-electron chi connectivity index (χ0n) is 21.0. The number of rotatable bonds is 9. The summed E-state index contributed by atoms with van der Waals surface area (Å²) in [6.07, 6.45) is -4.66. The lowest BCUT2D eigenvalue weighted by atomic mass is 9.83. The van der Waals surface area contributed by atoms with Crippen molar-refractivity contribution in [2.24, 2.45) is 5.92 Å². The van der Waals surface area contributed by atoms with Gasteiger partial charge < -0.3 is 10.4 Å². The van der Waals surface area contributed by atoms with Gasteiger partial charge in [0.15, 0.2) is 0 Å². The first-order valence-corrected chi connectivity index (χ1v) is 12.6. The molecule has 0 spiro atoms. The molecule has 0 saturated carbocycles. The van der Waals surface area contributed by atoms with E-state index in [4.69, 9.17) is 23.2 Å². The lowest BCUT2D eigenvalue weighted by molar-refractivity contribution is -0.174. The zero-order chi connectivity index (χ0) is 28.3. The summed E-state index contributed by atoms with van der Waals surface area (Å²) in [6, 6.07) is 18.7. The molecule has 0 aliphatic heterocycles. The van der Waals surface area contributed by atoms with Crippen molar-refractivity contribution in [3.05, 3.63) is 87.4 Å².